The molecule has 0 radical (unpaired) electrons. The molecule has 0 aliphatic carbocycles. The first-order valence-corrected chi connectivity index (χ1v) is 38.9. The molecule has 111 heavy (non-hydrogen) atoms. The molecule has 19 nitrogen and oxygen atoms in total. The van der Waals surface area contributed by atoms with E-state index >= 15 is 9.59 Å². The maximum atomic E-state index is 15.9. The maximum absolute atomic E-state index is 15.9. The van der Waals surface area contributed by atoms with E-state index in [0.29, 0.717) is 6.42 Å². The van der Waals surface area contributed by atoms with Crippen LogP contribution < -0.4 is 0 Å². The van der Waals surface area contributed by atoms with E-state index in [4.69, 9.17) is 71.1 Å². The van der Waals surface area contributed by atoms with Gasteiger partial charge in [-0.1, -0.05) is 294 Å². The molecule has 9 aromatic carbocycles. The Balaban J connectivity index is 0.954. The molecule has 3 fully saturated rings. The van der Waals surface area contributed by atoms with Crippen molar-refractivity contribution in [3.8, 4) is 0 Å². The normalized spacial score (nSPS) is 24.5. The third-order valence-corrected chi connectivity index (χ3v) is 20.2. The number of carbonyl (C=O) groups is 3. The van der Waals surface area contributed by atoms with Crippen molar-refractivity contribution >= 4 is 17.8 Å². The summed E-state index contributed by atoms with van der Waals surface area (Å²) in [5.41, 5.74) is 7.21. The fourth-order valence-corrected chi connectivity index (χ4v) is 14.6. The number of hydrogen-bond acceptors (Lipinski definition) is 18. The summed E-state index contributed by atoms with van der Waals surface area (Å²) in [4.78, 5) is 47.1. The van der Waals surface area contributed by atoms with Crippen molar-refractivity contribution in [1.29, 1.82) is 0 Å². The first kappa shape index (κ1) is 80.1. The first-order chi connectivity index (χ1) is 54.7. The molecule has 19 heteroatoms. The number of nitrogens with zero attached hydrogens (tertiary/aromatic N) is 1. The predicted octanol–water partition coefficient (Wildman–Crippen LogP) is 15.5. The second kappa shape index (κ2) is 42.1. The lowest BCUT2D eigenvalue weighted by Crippen LogP contribution is -2.71. The van der Waals surface area contributed by atoms with E-state index in [1.165, 1.54) is 6.92 Å². The van der Waals surface area contributed by atoms with Crippen LogP contribution in [-0.2, 0) is 129 Å². The Hall–Kier alpha value is -8.97. The third kappa shape index (κ3) is 22.5. The number of fused-ring (bicyclic) bond motifs is 1. The van der Waals surface area contributed by atoms with Gasteiger partial charge in [0.1, 0.15) is 67.1 Å². The highest BCUT2D eigenvalue weighted by Crippen LogP contribution is 2.42. The van der Waals surface area contributed by atoms with E-state index in [2.05, 4.69) is 6.92 Å². The molecule has 4 aliphatic heterocycles. The van der Waals surface area contributed by atoms with Gasteiger partial charge in [-0.05, 0) is 63.1 Å². The van der Waals surface area contributed by atoms with Gasteiger partial charge in [0.25, 0.3) is 11.8 Å². The Morgan fingerprint density at radius 2 is 0.622 bits per heavy atom. The Morgan fingerprint density at radius 3 is 1.01 bits per heavy atom. The molecule has 0 N–H and O–H groups in total. The van der Waals surface area contributed by atoms with Gasteiger partial charge in [-0.15, -0.1) is 0 Å². The zero-order valence-electron chi connectivity index (χ0n) is 63.1. The van der Waals surface area contributed by atoms with Crippen LogP contribution in [0.3, 0.4) is 0 Å². The maximum Gasteiger partial charge on any atom is 0.303 e. The van der Waals surface area contributed by atoms with E-state index in [-0.39, 0.29) is 90.4 Å². The molecule has 0 aromatic heterocycles. The van der Waals surface area contributed by atoms with Crippen LogP contribution in [0.1, 0.15) is 118 Å². The lowest BCUT2D eigenvalue weighted by atomic mass is 9.93. The Morgan fingerprint density at radius 1 is 0.315 bits per heavy atom. The molecule has 4 heterocycles. The molecule has 2 amide bonds. The molecule has 9 aromatic rings. The topological polar surface area (TPSA) is 193 Å². The molecular formula is C92H101NO18. The Kier molecular flexibility index (Phi) is 30.3. The number of carbonyl (C=O) groups excluding carboxylic acids is 3. The Bertz CT molecular complexity index is 4160. The van der Waals surface area contributed by atoms with Crippen LogP contribution in [0, 0.1) is 0 Å². The summed E-state index contributed by atoms with van der Waals surface area (Å²) in [6.45, 7) is 4.39. The van der Waals surface area contributed by atoms with Crippen LogP contribution in [0.5, 0.6) is 0 Å². The molecule has 3 saturated heterocycles. The number of imide groups is 1. The summed E-state index contributed by atoms with van der Waals surface area (Å²) in [6.07, 6.45) is -11.2. The van der Waals surface area contributed by atoms with Crippen molar-refractivity contribution in [2.24, 2.45) is 0 Å². The minimum atomic E-state index is -1.65. The molecule has 0 saturated carbocycles. The van der Waals surface area contributed by atoms with Crippen LogP contribution in [-0.4, -0.2) is 141 Å². The predicted molar refractivity (Wildman–Crippen MR) is 415 cm³/mol. The fourth-order valence-electron chi connectivity index (χ4n) is 14.6. The van der Waals surface area contributed by atoms with Crippen molar-refractivity contribution in [1.82, 2.24) is 4.90 Å². The van der Waals surface area contributed by atoms with E-state index < -0.39 is 110 Å². The van der Waals surface area contributed by atoms with Gasteiger partial charge >= 0.3 is 5.97 Å². The molecule has 13 rings (SSSR count). The van der Waals surface area contributed by atoms with Crippen molar-refractivity contribution < 1.29 is 85.4 Å². The van der Waals surface area contributed by atoms with Gasteiger partial charge in [0, 0.05) is 13.5 Å². The first-order valence-electron chi connectivity index (χ1n) is 38.9. The van der Waals surface area contributed by atoms with Gasteiger partial charge in [-0.25, -0.2) is 0 Å². The number of ether oxygens (including phenoxy) is 15. The third-order valence-electron chi connectivity index (χ3n) is 20.2. The van der Waals surface area contributed by atoms with Crippen molar-refractivity contribution in [3.05, 3.63) is 323 Å². The SMILES string of the molecule is CCCCCCCCO[C@H]1O[C@H](COCc2ccccc2)[C@@H](OCc2ccccc2)[C@H](OCc2ccccc2)[C@@H]1O[C@@H]1O[C@H](COCc2ccccc2)[C@@H](O[C@@H]2O[C@H](COCc3ccccc3)[C@H](OCc3ccccc3)[C@H](OCc3ccccc3)[C@H]2OC(C)=O)[C@H](OCc2ccccc2)[C@H]1N1C(=O)c2ccccc2C1=O. The van der Waals surface area contributed by atoms with Crippen LogP contribution in [0.2, 0.25) is 0 Å². The summed E-state index contributed by atoms with van der Waals surface area (Å²) < 4.78 is 108. The summed E-state index contributed by atoms with van der Waals surface area (Å²) in [6, 6.07) is 83.1. The van der Waals surface area contributed by atoms with Gasteiger partial charge in [0.15, 0.2) is 25.0 Å². The molecular weight excluding hydrogens is 1410 g/mol. The van der Waals surface area contributed by atoms with Crippen LogP contribution in [0.15, 0.2) is 267 Å². The Labute approximate surface area is 651 Å². The average Bonchev–Trinajstić information content (AvgIpc) is 1.67. The average molecular weight is 1510 g/mol. The molecule has 0 unspecified atom stereocenters. The standard InChI is InChI=1S/C92H101NO18/c1-3-4-5-6-7-34-53-100-91-86(84(104-60-72-47-28-14-29-48-72)80(101-57-69-41-22-11-23-42-69)76(108-91)62-97-54-66-35-16-8-17-36-66)111-90-79(93-88(95)74-51-32-33-52-75(74)89(93)96)83(103-59-71-45-26-13-27-46-71)82(78(107-90)64-99-56-68-39-20-10-21-40-68)110-92-87(106-65(2)94)85(105-61-73-49-30-15-31-50-73)81(102-58-70-43-24-12-25-44-70)77(109-92)63-98-55-67-37-18-9-19-38-67/h8-33,35-52,76-87,90-92H,3-7,34,53-64H2,1-2H3/t76-,77-,78-,79-,80-,81+,82-,83-,84+,85+,86+,87-,90+,91+,92+/m1/s1. The summed E-state index contributed by atoms with van der Waals surface area (Å²) in [5.74, 6) is -1.97. The second-order valence-electron chi connectivity index (χ2n) is 28.4. The minimum Gasteiger partial charge on any atom is -0.454 e. The zero-order valence-corrected chi connectivity index (χ0v) is 63.1. The van der Waals surface area contributed by atoms with Gasteiger partial charge in [-0.3, -0.25) is 19.3 Å². The molecule has 15 atom stereocenters. The summed E-state index contributed by atoms with van der Waals surface area (Å²) in [7, 11) is 0. The van der Waals surface area contributed by atoms with Gasteiger partial charge in [-0.2, -0.15) is 0 Å². The number of esters is 1. The molecule has 0 bridgehead atoms. The molecule has 0 spiro atoms. The van der Waals surface area contributed by atoms with Crippen LogP contribution in [0.4, 0.5) is 0 Å². The van der Waals surface area contributed by atoms with Gasteiger partial charge in [0.05, 0.1) is 83.8 Å². The molecule has 4 aliphatic rings. The lowest BCUT2D eigenvalue weighted by molar-refractivity contribution is -0.386. The number of benzene rings is 9. The van der Waals surface area contributed by atoms with E-state index in [1.54, 1.807) is 24.3 Å². The molecule has 582 valence electrons. The van der Waals surface area contributed by atoms with Gasteiger partial charge in [0.2, 0.25) is 0 Å². The number of rotatable bonds is 41. The number of unbranched alkanes of at least 4 members (excludes halogenated alkanes) is 5. The number of hydrogen-bond donors (Lipinski definition) is 0. The highest BCUT2D eigenvalue weighted by molar-refractivity contribution is 6.21. The van der Waals surface area contributed by atoms with Crippen molar-refractivity contribution in [2.75, 3.05) is 26.4 Å². The quantitative estimate of drug-likeness (QED) is 0.0199. The smallest absolute Gasteiger partial charge is 0.303 e. The highest BCUT2D eigenvalue weighted by atomic mass is 16.8. The summed E-state index contributed by atoms with van der Waals surface area (Å²) >= 11 is 0. The van der Waals surface area contributed by atoms with Crippen molar-refractivity contribution in [2.45, 2.75) is 197 Å². The van der Waals surface area contributed by atoms with E-state index in [1.807, 2.05) is 243 Å². The van der Waals surface area contributed by atoms with Gasteiger partial charge < -0.3 is 71.1 Å². The van der Waals surface area contributed by atoms with E-state index in [9.17, 15) is 4.79 Å². The fraction of sp³-hybridized carbons (Fsp3) is 0.380. The minimum absolute atomic E-state index is 0.0472. The highest BCUT2D eigenvalue weighted by Gasteiger charge is 2.61. The van der Waals surface area contributed by atoms with Crippen LogP contribution in [0.25, 0.3) is 0 Å². The summed E-state index contributed by atoms with van der Waals surface area (Å²) in [5, 5.41) is 0. The van der Waals surface area contributed by atoms with Crippen molar-refractivity contribution in [3.63, 3.8) is 0 Å². The number of amides is 2. The van der Waals surface area contributed by atoms with Crippen LogP contribution >= 0.6 is 0 Å². The lowest BCUT2D eigenvalue weighted by Gasteiger charge is -2.52. The second-order valence-corrected chi connectivity index (χ2v) is 28.4. The monoisotopic (exact) mass is 1510 g/mol. The van der Waals surface area contributed by atoms with E-state index in [0.717, 1.165) is 81.5 Å². The largest absolute Gasteiger partial charge is 0.454 e. The zero-order chi connectivity index (χ0) is 76.2.